The van der Waals surface area contributed by atoms with Gasteiger partial charge in [-0.3, -0.25) is 4.79 Å². The molecule has 1 unspecified atom stereocenters. The molecule has 19 heavy (non-hydrogen) atoms. The Hall–Kier alpha value is -0.820. The maximum Gasteiger partial charge on any atom is 0.406 e. The average Bonchev–Trinajstić information content (AvgIpc) is 2.32. The van der Waals surface area contributed by atoms with Crippen LogP contribution < -0.4 is 5.73 Å². The summed E-state index contributed by atoms with van der Waals surface area (Å²) < 4.78 is 36.8. The van der Waals surface area contributed by atoms with Gasteiger partial charge < -0.3 is 15.7 Å². The van der Waals surface area contributed by atoms with Crippen LogP contribution in [-0.4, -0.2) is 48.3 Å². The van der Waals surface area contributed by atoms with Crippen LogP contribution in [0.3, 0.4) is 0 Å². The summed E-state index contributed by atoms with van der Waals surface area (Å²) in [6.45, 7) is 0.412. The molecular formula is C12H23F3N2O2. The minimum Gasteiger partial charge on any atom is -0.395 e. The van der Waals surface area contributed by atoms with Crippen molar-refractivity contribution in [3.8, 4) is 0 Å². The van der Waals surface area contributed by atoms with E-state index in [0.29, 0.717) is 17.9 Å². The second-order valence-electron chi connectivity index (χ2n) is 4.54. The fourth-order valence-electron chi connectivity index (χ4n) is 1.90. The maximum atomic E-state index is 12.3. The van der Waals surface area contributed by atoms with Crippen molar-refractivity contribution in [1.29, 1.82) is 0 Å². The summed E-state index contributed by atoms with van der Waals surface area (Å²) in [6, 6.07) is 0. The monoisotopic (exact) mass is 284 g/mol. The molecule has 114 valence electrons. The predicted octanol–water partition coefficient (Wildman–Crippen LogP) is 1.52. The number of nitrogens with zero attached hydrogens (tertiary/aromatic N) is 1. The highest BCUT2D eigenvalue weighted by atomic mass is 19.4. The first-order valence-corrected chi connectivity index (χ1v) is 6.49. The molecule has 0 radical (unpaired) electrons. The summed E-state index contributed by atoms with van der Waals surface area (Å²) in [7, 11) is 0. The molecule has 0 aromatic heterocycles. The van der Waals surface area contributed by atoms with Crippen molar-refractivity contribution in [3.05, 3.63) is 0 Å². The van der Waals surface area contributed by atoms with Crippen molar-refractivity contribution in [2.45, 2.75) is 38.8 Å². The van der Waals surface area contributed by atoms with Crippen LogP contribution in [0.2, 0.25) is 0 Å². The number of amides is 1. The van der Waals surface area contributed by atoms with Gasteiger partial charge in [-0.05, 0) is 25.3 Å². The summed E-state index contributed by atoms with van der Waals surface area (Å²) in [5.74, 6) is -0.308. The fourth-order valence-corrected chi connectivity index (χ4v) is 1.90. The molecule has 7 heteroatoms. The number of carbonyl (C=O) groups is 1. The molecule has 1 amide bonds. The van der Waals surface area contributed by atoms with Crippen LogP contribution in [0.1, 0.15) is 32.6 Å². The third-order valence-corrected chi connectivity index (χ3v) is 3.01. The number of halogens is 3. The van der Waals surface area contributed by atoms with Gasteiger partial charge in [0, 0.05) is 13.0 Å². The first-order valence-electron chi connectivity index (χ1n) is 6.49. The first-order chi connectivity index (χ1) is 8.84. The molecule has 0 bridgehead atoms. The molecular weight excluding hydrogens is 261 g/mol. The second kappa shape index (κ2) is 9.14. The van der Waals surface area contributed by atoms with Crippen molar-refractivity contribution >= 4 is 5.91 Å². The van der Waals surface area contributed by atoms with E-state index in [1.165, 1.54) is 0 Å². The molecule has 0 heterocycles. The number of hydrogen-bond donors (Lipinski definition) is 2. The highest BCUT2D eigenvalue weighted by molar-refractivity contribution is 5.76. The number of rotatable bonds is 9. The van der Waals surface area contributed by atoms with E-state index in [-0.39, 0.29) is 18.9 Å². The molecule has 0 aromatic rings. The van der Waals surface area contributed by atoms with Crippen LogP contribution in [0.4, 0.5) is 13.2 Å². The highest BCUT2D eigenvalue weighted by Crippen LogP contribution is 2.19. The lowest BCUT2D eigenvalue weighted by molar-refractivity contribution is -0.162. The third-order valence-electron chi connectivity index (χ3n) is 3.01. The summed E-state index contributed by atoms with van der Waals surface area (Å²) in [5.41, 5.74) is 5.42. The number of aliphatic hydroxyl groups is 1. The summed E-state index contributed by atoms with van der Waals surface area (Å²) in [5, 5.41) is 8.71. The third kappa shape index (κ3) is 8.83. The van der Waals surface area contributed by atoms with E-state index in [4.69, 9.17) is 10.8 Å². The van der Waals surface area contributed by atoms with Crippen LogP contribution >= 0.6 is 0 Å². The minimum atomic E-state index is -4.44. The molecule has 4 nitrogen and oxygen atoms in total. The smallest absolute Gasteiger partial charge is 0.395 e. The molecule has 0 aliphatic rings. The topological polar surface area (TPSA) is 66.6 Å². The zero-order chi connectivity index (χ0) is 14.9. The Balaban J connectivity index is 4.31. The van der Waals surface area contributed by atoms with Gasteiger partial charge >= 0.3 is 6.18 Å². The van der Waals surface area contributed by atoms with Crippen molar-refractivity contribution in [2.24, 2.45) is 11.7 Å². The molecule has 3 N–H and O–H groups in total. The van der Waals surface area contributed by atoms with Gasteiger partial charge in [0.2, 0.25) is 5.91 Å². The number of aliphatic hydroxyl groups excluding tert-OH is 1. The van der Waals surface area contributed by atoms with E-state index in [0.717, 1.165) is 12.8 Å². The van der Waals surface area contributed by atoms with Crippen LogP contribution in [0, 0.1) is 5.92 Å². The number of nitrogens with two attached hydrogens (primary N) is 1. The molecule has 0 saturated carbocycles. The molecule has 0 fully saturated rings. The molecule has 0 aliphatic heterocycles. The number of hydrogen-bond acceptors (Lipinski definition) is 3. The molecule has 0 aliphatic carbocycles. The van der Waals surface area contributed by atoms with E-state index < -0.39 is 25.2 Å². The van der Waals surface area contributed by atoms with Gasteiger partial charge in [-0.25, -0.2) is 0 Å². The Labute approximate surface area is 111 Å². The molecule has 0 rings (SSSR count). The van der Waals surface area contributed by atoms with Gasteiger partial charge in [0.05, 0.1) is 6.61 Å². The molecule has 0 aromatic carbocycles. The van der Waals surface area contributed by atoms with Gasteiger partial charge in [-0.15, -0.1) is 0 Å². The first kappa shape index (κ1) is 18.2. The van der Waals surface area contributed by atoms with Crippen molar-refractivity contribution < 1.29 is 23.1 Å². The molecule has 0 spiro atoms. The summed E-state index contributed by atoms with van der Waals surface area (Å²) in [4.78, 5) is 12.4. The van der Waals surface area contributed by atoms with E-state index in [1.807, 2.05) is 6.92 Å². The van der Waals surface area contributed by atoms with Gasteiger partial charge in [0.1, 0.15) is 6.54 Å². The lowest BCUT2D eigenvalue weighted by Gasteiger charge is -2.24. The van der Waals surface area contributed by atoms with Gasteiger partial charge in [0.15, 0.2) is 0 Å². The largest absolute Gasteiger partial charge is 0.406 e. The highest BCUT2D eigenvalue weighted by Gasteiger charge is 2.32. The Bertz CT molecular complexity index is 260. The van der Waals surface area contributed by atoms with E-state index in [1.54, 1.807) is 0 Å². The Kier molecular flexibility index (Phi) is 8.75. The zero-order valence-corrected chi connectivity index (χ0v) is 11.2. The molecule has 0 saturated heterocycles. The summed E-state index contributed by atoms with van der Waals surface area (Å²) >= 11 is 0. The molecule has 1 atom stereocenters. The van der Waals surface area contributed by atoms with Crippen LogP contribution in [0.15, 0.2) is 0 Å². The number of carbonyl (C=O) groups excluding carboxylic acids is 1. The minimum absolute atomic E-state index is 0.0641. The van der Waals surface area contributed by atoms with E-state index in [2.05, 4.69) is 0 Å². The van der Waals surface area contributed by atoms with Crippen molar-refractivity contribution in [1.82, 2.24) is 4.90 Å². The van der Waals surface area contributed by atoms with E-state index >= 15 is 0 Å². The average molecular weight is 284 g/mol. The van der Waals surface area contributed by atoms with Crippen LogP contribution in [0.5, 0.6) is 0 Å². The fraction of sp³-hybridized carbons (Fsp3) is 0.917. The second-order valence-corrected chi connectivity index (χ2v) is 4.54. The standard InChI is InChI=1S/C12H23F3N2O2/c1-2-10(5-6-16)3-4-11(19)17(7-8-18)9-12(13,14)15/h10,18H,2-9,16H2,1H3. The van der Waals surface area contributed by atoms with Crippen molar-refractivity contribution in [3.63, 3.8) is 0 Å². The SMILES string of the molecule is CCC(CCN)CCC(=O)N(CCO)CC(F)(F)F. The van der Waals surface area contributed by atoms with Crippen molar-refractivity contribution in [2.75, 3.05) is 26.2 Å². The van der Waals surface area contributed by atoms with Gasteiger partial charge in [0.25, 0.3) is 0 Å². The van der Waals surface area contributed by atoms with Crippen LogP contribution in [-0.2, 0) is 4.79 Å². The maximum absolute atomic E-state index is 12.3. The van der Waals surface area contributed by atoms with Gasteiger partial charge in [-0.1, -0.05) is 13.3 Å². The van der Waals surface area contributed by atoms with Gasteiger partial charge in [-0.2, -0.15) is 13.2 Å². The number of alkyl halides is 3. The zero-order valence-electron chi connectivity index (χ0n) is 11.2. The van der Waals surface area contributed by atoms with Crippen LogP contribution in [0.25, 0.3) is 0 Å². The summed E-state index contributed by atoms with van der Waals surface area (Å²) in [6.07, 6.45) is -2.22. The quantitative estimate of drug-likeness (QED) is 0.674. The lowest BCUT2D eigenvalue weighted by atomic mass is 9.96. The van der Waals surface area contributed by atoms with E-state index in [9.17, 15) is 18.0 Å². The Morgan fingerprint density at radius 2 is 2.00 bits per heavy atom. The lowest BCUT2D eigenvalue weighted by Crippen LogP contribution is -2.40. The predicted molar refractivity (Wildman–Crippen MR) is 66.4 cm³/mol. The Morgan fingerprint density at radius 3 is 2.42 bits per heavy atom. The normalized spacial score (nSPS) is 13.4. The Morgan fingerprint density at radius 1 is 1.37 bits per heavy atom.